The molecule has 1 nitrogen and oxygen atoms in total. The summed E-state index contributed by atoms with van der Waals surface area (Å²) in [6.45, 7) is 0. The van der Waals surface area contributed by atoms with Crippen molar-refractivity contribution in [3.05, 3.63) is 0 Å². The SMILES string of the molecule is COS(C)(C)F. The molecule has 0 aromatic heterocycles. The van der Waals surface area contributed by atoms with Crippen LogP contribution in [0.2, 0.25) is 0 Å². The van der Waals surface area contributed by atoms with Crippen molar-refractivity contribution < 1.29 is 8.07 Å². The molecule has 0 aromatic carbocycles. The number of hydrogen-bond donors (Lipinski definition) is 0. The number of hydrogen-bond acceptors (Lipinski definition) is 1. The van der Waals surface area contributed by atoms with E-state index in [1.54, 1.807) is 0 Å². The standard InChI is InChI=1S/C3H9FOS/c1-5-6(2,3)4/h1-3H3. The molecule has 0 bridgehead atoms. The molecule has 0 fully saturated rings. The van der Waals surface area contributed by atoms with Crippen LogP contribution in [0.15, 0.2) is 0 Å². The van der Waals surface area contributed by atoms with E-state index in [4.69, 9.17) is 0 Å². The van der Waals surface area contributed by atoms with Crippen molar-refractivity contribution in [2.24, 2.45) is 0 Å². The normalized spacial score (nSPS) is 14.7. The monoisotopic (exact) mass is 112 g/mol. The smallest absolute Gasteiger partial charge is 0.0511 e. The van der Waals surface area contributed by atoms with Crippen molar-refractivity contribution in [1.29, 1.82) is 0 Å². The summed E-state index contributed by atoms with van der Waals surface area (Å²) in [4.78, 5) is 0. The van der Waals surface area contributed by atoms with E-state index >= 15 is 0 Å². The molecule has 0 saturated carbocycles. The van der Waals surface area contributed by atoms with Gasteiger partial charge in [-0.05, 0) is 0 Å². The van der Waals surface area contributed by atoms with Gasteiger partial charge in [-0.25, -0.2) is 0 Å². The van der Waals surface area contributed by atoms with Crippen molar-refractivity contribution >= 4 is 10.7 Å². The van der Waals surface area contributed by atoms with E-state index in [-0.39, 0.29) is 0 Å². The minimum atomic E-state index is -2.16. The van der Waals surface area contributed by atoms with Gasteiger partial charge in [0.15, 0.2) is 0 Å². The zero-order valence-electron chi connectivity index (χ0n) is 4.19. The second-order valence-electron chi connectivity index (χ2n) is 1.28. The van der Waals surface area contributed by atoms with E-state index in [0.29, 0.717) is 0 Å². The summed E-state index contributed by atoms with van der Waals surface area (Å²) in [6, 6.07) is 0. The van der Waals surface area contributed by atoms with Crippen molar-refractivity contribution in [1.82, 2.24) is 0 Å². The Bertz CT molecular complexity index is 40.5. The van der Waals surface area contributed by atoms with Crippen LogP contribution in [0.25, 0.3) is 0 Å². The molecular formula is C3H9FOS. The summed E-state index contributed by atoms with van der Waals surface area (Å²) >= 11 is 0. The van der Waals surface area contributed by atoms with Crippen LogP contribution in [0.5, 0.6) is 0 Å². The molecule has 0 aliphatic heterocycles. The second kappa shape index (κ2) is 1.80. The molecule has 0 heterocycles. The summed E-state index contributed by atoms with van der Waals surface area (Å²) < 4.78 is 16.3. The average molecular weight is 112 g/mol. The molecule has 0 N–H and O–H groups in total. The highest BCUT2D eigenvalue weighted by Gasteiger charge is 2.02. The largest absolute Gasteiger partial charge is 0.312 e. The Labute approximate surface area is 39.3 Å². The van der Waals surface area contributed by atoms with Gasteiger partial charge in [0.1, 0.15) is 0 Å². The first-order valence-corrected chi connectivity index (χ1v) is 3.82. The van der Waals surface area contributed by atoms with Gasteiger partial charge in [0.05, 0.1) is 7.11 Å². The molecule has 0 amide bonds. The van der Waals surface area contributed by atoms with Gasteiger partial charge in [-0.15, -0.1) is 0 Å². The lowest BCUT2D eigenvalue weighted by molar-refractivity contribution is 0.444. The third kappa shape index (κ3) is 4.24. The molecule has 0 aliphatic carbocycles. The quantitative estimate of drug-likeness (QED) is 0.499. The molecule has 0 aliphatic rings. The van der Waals surface area contributed by atoms with Crippen molar-refractivity contribution in [3.8, 4) is 0 Å². The Morgan fingerprint density at radius 3 is 1.67 bits per heavy atom. The van der Waals surface area contributed by atoms with Crippen LogP contribution in [0.3, 0.4) is 0 Å². The Morgan fingerprint density at radius 1 is 1.50 bits per heavy atom. The molecule has 0 radical (unpaired) electrons. The Morgan fingerprint density at radius 2 is 1.67 bits per heavy atom. The fraction of sp³-hybridized carbons (Fsp3) is 1.00. The third-order valence-corrected chi connectivity index (χ3v) is 1.19. The molecule has 0 aromatic rings. The van der Waals surface area contributed by atoms with E-state index in [0.717, 1.165) is 0 Å². The van der Waals surface area contributed by atoms with Crippen LogP contribution >= 0.6 is 10.7 Å². The molecular weight excluding hydrogens is 103 g/mol. The van der Waals surface area contributed by atoms with E-state index in [9.17, 15) is 3.89 Å². The second-order valence-corrected chi connectivity index (χ2v) is 3.84. The topological polar surface area (TPSA) is 9.23 Å². The lowest BCUT2D eigenvalue weighted by atomic mass is 11.8. The molecule has 0 rings (SSSR count). The average Bonchev–Trinajstić information content (AvgIpc) is 1.35. The van der Waals surface area contributed by atoms with E-state index in [1.807, 2.05) is 0 Å². The molecule has 0 spiro atoms. The Kier molecular flexibility index (Phi) is 1.87. The fourth-order valence-electron chi connectivity index (χ4n) is 0. The number of halogens is 1. The van der Waals surface area contributed by atoms with Gasteiger partial charge >= 0.3 is 0 Å². The zero-order valence-corrected chi connectivity index (χ0v) is 5.01. The van der Waals surface area contributed by atoms with Crippen molar-refractivity contribution in [2.75, 3.05) is 19.6 Å². The highest BCUT2D eigenvalue weighted by Crippen LogP contribution is 2.40. The van der Waals surface area contributed by atoms with Crippen LogP contribution in [-0.2, 0) is 4.18 Å². The molecule has 0 atom stereocenters. The Balaban J connectivity index is 3.17. The van der Waals surface area contributed by atoms with Crippen molar-refractivity contribution in [2.45, 2.75) is 0 Å². The maximum absolute atomic E-state index is 12.0. The number of rotatable bonds is 1. The summed E-state index contributed by atoms with van der Waals surface area (Å²) in [5.74, 6) is 0. The first-order valence-electron chi connectivity index (χ1n) is 1.55. The Hall–Kier alpha value is 0.240. The van der Waals surface area contributed by atoms with Crippen molar-refractivity contribution in [3.63, 3.8) is 0 Å². The maximum Gasteiger partial charge on any atom is 0.0511 e. The van der Waals surface area contributed by atoms with Crippen LogP contribution in [0.4, 0.5) is 3.89 Å². The summed E-state index contributed by atoms with van der Waals surface area (Å²) in [7, 11) is -0.792. The third-order valence-electron chi connectivity index (χ3n) is 0.396. The summed E-state index contributed by atoms with van der Waals surface area (Å²) in [6.07, 6.45) is 2.88. The molecule has 3 heteroatoms. The van der Waals surface area contributed by atoms with E-state index < -0.39 is 10.7 Å². The van der Waals surface area contributed by atoms with Gasteiger partial charge in [0.2, 0.25) is 0 Å². The van der Waals surface area contributed by atoms with Gasteiger partial charge < -0.3 is 4.18 Å². The van der Waals surface area contributed by atoms with Gasteiger partial charge in [0, 0.05) is 23.2 Å². The first kappa shape index (κ1) is 6.24. The van der Waals surface area contributed by atoms with Gasteiger partial charge in [-0.3, -0.25) is 0 Å². The highest BCUT2D eigenvalue weighted by molar-refractivity contribution is 8.24. The first-order chi connectivity index (χ1) is 2.56. The highest BCUT2D eigenvalue weighted by atomic mass is 32.3. The van der Waals surface area contributed by atoms with Gasteiger partial charge in [-0.2, -0.15) is 3.89 Å². The minimum Gasteiger partial charge on any atom is -0.312 e. The summed E-state index contributed by atoms with van der Waals surface area (Å²) in [5.41, 5.74) is 0. The fourth-order valence-corrected chi connectivity index (χ4v) is 0. The minimum absolute atomic E-state index is 1.37. The van der Waals surface area contributed by atoms with E-state index in [2.05, 4.69) is 4.18 Å². The molecule has 0 unspecified atom stereocenters. The van der Waals surface area contributed by atoms with Gasteiger partial charge in [-0.1, -0.05) is 0 Å². The maximum atomic E-state index is 12.0. The predicted octanol–water partition coefficient (Wildman–Crippen LogP) is 1.50. The van der Waals surface area contributed by atoms with Crippen LogP contribution in [-0.4, -0.2) is 19.6 Å². The van der Waals surface area contributed by atoms with E-state index in [1.165, 1.54) is 19.6 Å². The van der Waals surface area contributed by atoms with Crippen LogP contribution in [0.1, 0.15) is 0 Å². The lowest BCUT2D eigenvalue weighted by Gasteiger charge is -2.15. The molecule has 40 valence electrons. The van der Waals surface area contributed by atoms with Crippen LogP contribution in [0, 0.1) is 0 Å². The lowest BCUT2D eigenvalue weighted by Crippen LogP contribution is -1.85. The van der Waals surface area contributed by atoms with Crippen LogP contribution < -0.4 is 0 Å². The predicted molar refractivity (Wildman–Crippen MR) is 27.6 cm³/mol. The molecule has 6 heavy (non-hydrogen) atoms. The van der Waals surface area contributed by atoms with Gasteiger partial charge in [0.25, 0.3) is 0 Å². The zero-order chi connectivity index (χ0) is 5.21. The molecule has 0 saturated heterocycles. The summed E-state index contributed by atoms with van der Waals surface area (Å²) in [5, 5.41) is 0.